The zero-order chi connectivity index (χ0) is 12.0. The van der Waals surface area contributed by atoms with Crippen molar-refractivity contribution >= 4 is 23.7 Å². The third-order valence-electron chi connectivity index (χ3n) is 1.85. The van der Waals surface area contributed by atoms with Crippen molar-refractivity contribution in [3.05, 3.63) is 0 Å². The molecular weight excluding hydrogens is 232 g/mol. The molecule has 0 bridgehead atoms. The third-order valence-corrected chi connectivity index (χ3v) is 2.94. The molecule has 0 aromatic carbocycles. The molecule has 1 aliphatic rings. The van der Waals surface area contributed by atoms with E-state index in [1.807, 2.05) is 6.92 Å². The van der Waals surface area contributed by atoms with Gasteiger partial charge >= 0.3 is 11.9 Å². The maximum Gasteiger partial charge on any atom is 0.305 e. The Balaban J connectivity index is 2.16. The fraction of sp³-hybridized carbons (Fsp3) is 0.800. The van der Waals surface area contributed by atoms with Crippen molar-refractivity contribution < 1.29 is 23.8 Å². The van der Waals surface area contributed by atoms with Crippen molar-refractivity contribution in [2.24, 2.45) is 0 Å². The lowest BCUT2D eigenvalue weighted by Gasteiger charge is -2.12. The number of hydrogen-bond donors (Lipinski definition) is 0. The highest BCUT2D eigenvalue weighted by molar-refractivity contribution is 8.00. The number of carbonyl (C=O) groups excluding carboxylic acids is 2. The van der Waals surface area contributed by atoms with Gasteiger partial charge in [-0.2, -0.15) is 0 Å². The molecule has 1 aliphatic heterocycles. The van der Waals surface area contributed by atoms with Gasteiger partial charge < -0.3 is 14.2 Å². The van der Waals surface area contributed by atoms with Gasteiger partial charge in [0.15, 0.2) is 0 Å². The van der Waals surface area contributed by atoms with Crippen molar-refractivity contribution in [3.63, 3.8) is 0 Å². The molecule has 1 heterocycles. The van der Waals surface area contributed by atoms with Gasteiger partial charge in [0.25, 0.3) is 0 Å². The van der Waals surface area contributed by atoms with Crippen molar-refractivity contribution in [2.45, 2.75) is 38.4 Å². The molecule has 1 saturated heterocycles. The van der Waals surface area contributed by atoms with Crippen LogP contribution < -0.4 is 0 Å². The molecule has 0 aromatic heterocycles. The summed E-state index contributed by atoms with van der Waals surface area (Å²) in [6.45, 7) is 3.46. The van der Waals surface area contributed by atoms with Crippen LogP contribution in [0.4, 0.5) is 0 Å². The summed E-state index contributed by atoms with van der Waals surface area (Å²) in [5, 5.41) is 0. The van der Waals surface area contributed by atoms with Crippen LogP contribution in [0, 0.1) is 0 Å². The Morgan fingerprint density at radius 1 is 1.50 bits per heavy atom. The van der Waals surface area contributed by atoms with Gasteiger partial charge in [-0.1, -0.05) is 6.92 Å². The first-order chi connectivity index (χ1) is 7.61. The van der Waals surface area contributed by atoms with E-state index >= 15 is 0 Å². The SMILES string of the molecule is CCCC(=O)OC[C@H]1O[C@@H](OC(C)=O)CS1. The second kappa shape index (κ2) is 6.75. The van der Waals surface area contributed by atoms with E-state index in [2.05, 4.69) is 0 Å². The molecule has 0 radical (unpaired) electrons. The average Bonchev–Trinajstić information content (AvgIpc) is 2.62. The molecule has 0 N–H and O–H groups in total. The minimum atomic E-state index is -0.516. The summed E-state index contributed by atoms with van der Waals surface area (Å²) in [5.74, 6) is -0.00729. The van der Waals surface area contributed by atoms with E-state index in [-0.39, 0.29) is 24.0 Å². The molecule has 0 unspecified atom stereocenters. The highest BCUT2D eigenvalue weighted by Gasteiger charge is 2.28. The Morgan fingerprint density at radius 3 is 2.88 bits per heavy atom. The Bertz CT molecular complexity index is 256. The first kappa shape index (κ1) is 13.3. The predicted octanol–water partition coefficient (Wildman–Crippen LogP) is 1.31. The number of esters is 2. The van der Waals surface area contributed by atoms with Crippen LogP contribution in [0.3, 0.4) is 0 Å². The summed E-state index contributed by atoms with van der Waals surface area (Å²) in [4.78, 5) is 21.7. The molecule has 1 rings (SSSR count). The molecule has 0 amide bonds. The molecule has 2 atom stereocenters. The van der Waals surface area contributed by atoms with Gasteiger partial charge in [0.1, 0.15) is 12.0 Å². The second-order valence-corrected chi connectivity index (χ2v) is 4.56. The van der Waals surface area contributed by atoms with E-state index in [1.165, 1.54) is 18.7 Å². The Labute approximate surface area is 98.8 Å². The van der Waals surface area contributed by atoms with Crippen molar-refractivity contribution in [2.75, 3.05) is 12.4 Å². The van der Waals surface area contributed by atoms with Crippen LogP contribution in [0.5, 0.6) is 0 Å². The summed E-state index contributed by atoms with van der Waals surface area (Å²) >= 11 is 1.48. The lowest BCUT2D eigenvalue weighted by Crippen LogP contribution is -2.22. The number of ether oxygens (including phenoxy) is 3. The highest BCUT2D eigenvalue weighted by atomic mass is 32.2. The zero-order valence-corrected chi connectivity index (χ0v) is 10.2. The predicted molar refractivity (Wildman–Crippen MR) is 58.8 cm³/mol. The fourth-order valence-corrected chi connectivity index (χ4v) is 2.09. The molecule has 1 fully saturated rings. The first-order valence-electron chi connectivity index (χ1n) is 5.21. The third kappa shape index (κ3) is 4.85. The minimum Gasteiger partial charge on any atom is -0.462 e. The summed E-state index contributed by atoms with van der Waals surface area (Å²) in [6.07, 6.45) is 0.676. The topological polar surface area (TPSA) is 61.8 Å². The van der Waals surface area contributed by atoms with Gasteiger partial charge in [-0.15, -0.1) is 11.8 Å². The minimum absolute atomic E-state index is 0.210. The maximum absolute atomic E-state index is 11.1. The van der Waals surface area contributed by atoms with E-state index in [0.717, 1.165) is 6.42 Å². The molecule has 0 aromatic rings. The smallest absolute Gasteiger partial charge is 0.305 e. The van der Waals surface area contributed by atoms with Crippen LogP contribution in [0.2, 0.25) is 0 Å². The molecule has 0 saturated carbocycles. The van der Waals surface area contributed by atoms with Gasteiger partial charge in [-0.25, -0.2) is 0 Å². The normalized spacial score (nSPS) is 24.1. The lowest BCUT2D eigenvalue weighted by molar-refractivity contribution is -0.175. The van der Waals surface area contributed by atoms with Crippen LogP contribution in [-0.2, 0) is 23.8 Å². The van der Waals surface area contributed by atoms with Crippen LogP contribution in [0.15, 0.2) is 0 Å². The van der Waals surface area contributed by atoms with Crippen LogP contribution in [0.1, 0.15) is 26.7 Å². The van der Waals surface area contributed by atoms with E-state index in [1.54, 1.807) is 0 Å². The van der Waals surface area contributed by atoms with Crippen LogP contribution in [-0.4, -0.2) is 36.0 Å². The van der Waals surface area contributed by atoms with Crippen molar-refractivity contribution in [1.82, 2.24) is 0 Å². The summed E-state index contributed by atoms with van der Waals surface area (Å²) in [6, 6.07) is 0. The molecule has 5 nitrogen and oxygen atoms in total. The molecule has 16 heavy (non-hydrogen) atoms. The Kier molecular flexibility index (Phi) is 5.62. The maximum atomic E-state index is 11.1. The number of hydrogen-bond acceptors (Lipinski definition) is 6. The van der Waals surface area contributed by atoms with E-state index in [4.69, 9.17) is 14.2 Å². The fourth-order valence-electron chi connectivity index (χ4n) is 1.21. The Hall–Kier alpha value is -0.750. The monoisotopic (exact) mass is 248 g/mol. The van der Waals surface area contributed by atoms with E-state index in [0.29, 0.717) is 12.2 Å². The molecular formula is C10H16O5S. The number of thioether (sulfide) groups is 1. The van der Waals surface area contributed by atoms with E-state index in [9.17, 15) is 9.59 Å². The van der Waals surface area contributed by atoms with Gasteiger partial charge in [-0.3, -0.25) is 9.59 Å². The second-order valence-electron chi connectivity index (χ2n) is 3.37. The van der Waals surface area contributed by atoms with Crippen molar-refractivity contribution in [3.8, 4) is 0 Å². The largest absolute Gasteiger partial charge is 0.462 e. The highest BCUT2D eigenvalue weighted by Crippen LogP contribution is 2.26. The van der Waals surface area contributed by atoms with E-state index < -0.39 is 6.29 Å². The quantitative estimate of drug-likeness (QED) is 0.684. The number of rotatable bonds is 5. The Morgan fingerprint density at radius 2 is 2.25 bits per heavy atom. The number of carbonyl (C=O) groups is 2. The van der Waals surface area contributed by atoms with Gasteiger partial charge in [-0.05, 0) is 6.42 Å². The standard InChI is InChI=1S/C10H16O5S/c1-3-4-8(12)13-5-10-15-9(6-16-10)14-7(2)11/h9-10H,3-6H2,1-2H3/t9-,10+/m1/s1. The molecule has 0 spiro atoms. The van der Waals surface area contributed by atoms with Crippen LogP contribution >= 0.6 is 11.8 Å². The van der Waals surface area contributed by atoms with Gasteiger partial charge in [0, 0.05) is 13.3 Å². The van der Waals surface area contributed by atoms with Gasteiger partial charge in [0.05, 0.1) is 5.75 Å². The molecule has 0 aliphatic carbocycles. The summed E-state index contributed by atoms with van der Waals surface area (Å²) < 4.78 is 15.2. The lowest BCUT2D eigenvalue weighted by atomic mass is 10.3. The van der Waals surface area contributed by atoms with Crippen molar-refractivity contribution in [1.29, 1.82) is 0 Å². The van der Waals surface area contributed by atoms with Gasteiger partial charge in [0.2, 0.25) is 6.29 Å². The molecule has 6 heteroatoms. The average molecular weight is 248 g/mol. The summed E-state index contributed by atoms with van der Waals surface area (Å²) in [7, 11) is 0. The first-order valence-corrected chi connectivity index (χ1v) is 6.26. The molecule has 92 valence electrons. The summed E-state index contributed by atoms with van der Waals surface area (Å²) in [5.41, 5.74) is -0.231. The zero-order valence-electron chi connectivity index (χ0n) is 9.43. The van der Waals surface area contributed by atoms with Crippen LogP contribution in [0.25, 0.3) is 0 Å².